The molecule has 0 amide bonds. The first-order valence-electron chi connectivity index (χ1n) is 5.73. The molecule has 0 saturated heterocycles. The zero-order valence-electron chi connectivity index (χ0n) is 10.2. The molecule has 2 heterocycles. The van der Waals surface area contributed by atoms with Crippen LogP contribution in [0.2, 0.25) is 0 Å². The highest BCUT2D eigenvalue weighted by Crippen LogP contribution is 2.36. The van der Waals surface area contributed by atoms with Crippen LogP contribution in [-0.4, -0.2) is 14.5 Å². The third-order valence-electron chi connectivity index (χ3n) is 3.11. The van der Waals surface area contributed by atoms with E-state index in [2.05, 4.69) is 14.8 Å². The van der Waals surface area contributed by atoms with Gasteiger partial charge in [0.05, 0.1) is 18.6 Å². The van der Waals surface area contributed by atoms with E-state index in [0.717, 1.165) is 11.3 Å². The second kappa shape index (κ2) is 4.10. The summed E-state index contributed by atoms with van der Waals surface area (Å²) in [6.07, 6.45) is 1.33. The van der Waals surface area contributed by atoms with Gasteiger partial charge in [0.1, 0.15) is 11.0 Å². The summed E-state index contributed by atoms with van der Waals surface area (Å²) in [4.78, 5) is 22.1. The van der Waals surface area contributed by atoms with Crippen molar-refractivity contribution in [2.75, 3.05) is 0 Å². The van der Waals surface area contributed by atoms with E-state index in [9.17, 15) is 4.79 Å². The Kier molecular flexibility index (Phi) is 2.43. The van der Waals surface area contributed by atoms with Crippen LogP contribution in [0.3, 0.4) is 0 Å². The number of aromatic nitrogens is 3. The van der Waals surface area contributed by atoms with Gasteiger partial charge >= 0.3 is 0 Å². The van der Waals surface area contributed by atoms with Crippen LogP contribution in [-0.2, 0) is 7.05 Å². The number of aryl methyl sites for hydroxylation is 1. The summed E-state index contributed by atoms with van der Waals surface area (Å²) < 4.78 is 1.73. The number of aromatic amines is 1. The summed E-state index contributed by atoms with van der Waals surface area (Å²) >= 11 is 0. The highest BCUT2D eigenvalue weighted by Gasteiger charge is 2.19. The molecule has 0 aliphatic carbocycles. The zero-order chi connectivity index (χ0) is 13.4. The predicted molar refractivity (Wildman–Crippen MR) is 73.0 cm³/mol. The fraction of sp³-hybridized carbons (Fsp3) is 0.0714. The van der Waals surface area contributed by atoms with E-state index in [1.165, 1.54) is 6.33 Å². The summed E-state index contributed by atoms with van der Waals surface area (Å²) in [5.41, 5.74) is 2.66. The normalized spacial score (nSPS) is 10.5. The summed E-state index contributed by atoms with van der Waals surface area (Å²) in [6.45, 7) is 7.36. The Balaban J connectivity index is 2.51. The maximum Gasteiger partial charge on any atom is 0.273 e. The number of nitrogens with one attached hydrogen (secondary N) is 1. The van der Waals surface area contributed by atoms with Crippen LogP contribution in [0.15, 0.2) is 41.5 Å². The SMILES string of the molecule is [C-]#[N+]c1c(-c2ccccc2)n(C)c2c(=O)[nH]cnc12. The largest absolute Gasteiger partial charge is 0.348 e. The summed E-state index contributed by atoms with van der Waals surface area (Å²) in [6, 6.07) is 9.54. The van der Waals surface area contributed by atoms with Gasteiger partial charge in [-0.05, 0) is 5.56 Å². The molecular weight excluding hydrogens is 240 g/mol. The maximum absolute atomic E-state index is 11.9. The second-order valence-electron chi connectivity index (χ2n) is 4.16. The first kappa shape index (κ1) is 11.2. The van der Waals surface area contributed by atoms with Gasteiger partial charge in [-0.2, -0.15) is 0 Å². The molecule has 19 heavy (non-hydrogen) atoms. The molecule has 0 saturated carbocycles. The van der Waals surface area contributed by atoms with Crippen molar-refractivity contribution >= 4 is 16.7 Å². The van der Waals surface area contributed by atoms with Crippen molar-refractivity contribution in [3.8, 4) is 11.3 Å². The lowest BCUT2D eigenvalue weighted by molar-refractivity contribution is 0.963. The molecule has 0 aliphatic heterocycles. The van der Waals surface area contributed by atoms with E-state index >= 15 is 0 Å². The van der Waals surface area contributed by atoms with Crippen LogP contribution in [0.25, 0.3) is 27.1 Å². The van der Waals surface area contributed by atoms with E-state index < -0.39 is 0 Å². The standard InChI is InChI=1S/C14H10N4O/c1-15-10-11-13(14(19)17-8-16-11)18(2)12(10)9-6-4-3-5-7-9/h3-8H,2H3,(H,16,17,19). The molecule has 5 heteroatoms. The van der Waals surface area contributed by atoms with Crippen molar-refractivity contribution in [3.63, 3.8) is 0 Å². The number of rotatable bonds is 1. The van der Waals surface area contributed by atoms with E-state index in [1.54, 1.807) is 11.6 Å². The summed E-state index contributed by atoms with van der Waals surface area (Å²) in [5, 5.41) is 0. The molecule has 92 valence electrons. The van der Waals surface area contributed by atoms with Gasteiger partial charge in [-0.1, -0.05) is 30.3 Å². The second-order valence-corrected chi connectivity index (χ2v) is 4.16. The molecule has 3 rings (SSSR count). The van der Waals surface area contributed by atoms with Crippen molar-refractivity contribution in [3.05, 3.63) is 58.4 Å². The van der Waals surface area contributed by atoms with Gasteiger partial charge < -0.3 is 9.55 Å². The predicted octanol–water partition coefficient (Wildman–Crippen LogP) is 2.48. The number of hydrogen-bond donors (Lipinski definition) is 1. The maximum atomic E-state index is 11.9. The average molecular weight is 250 g/mol. The molecule has 3 aromatic rings. The smallest absolute Gasteiger partial charge is 0.273 e. The van der Waals surface area contributed by atoms with Crippen molar-refractivity contribution in [1.29, 1.82) is 0 Å². The molecule has 0 atom stereocenters. The van der Waals surface area contributed by atoms with Crippen molar-refractivity contribution in [1.82, 2.24) is 14.5 Å². The summed E-state index contributed by atoms with van der Waals surface area (Å²) in [7, 11) is 1.77. The van der Waals surface area contributed by atoms with Gasteiger partial charge in [-0.15, -0.1) is 0 Å². The molecule has 0 bridgehead atoms. The fourth-order valence-corrected chi connectivity index (χ4v) is 2.29. The third kappa shape index (κ3) is 1.54. The van der Waals surface area contributed by atoms with E-state index in [4.69, 9.17) is 6.57 Å². The molecule has 1 N–H and O–H groups in total. The van der Waals surface area contributed by atoms with Gasteiger partial charge in [0, 0.05) is 7.05 Å². The Labute approximate surface area is 109 Å². The van der Waals surface area contributed by atoms with Crippen LogP contribution >= 0.6 is 0 Å². The minimum absolute atomic E-state index is 0.236. The zero-order valence-corrected chi connectivity index (χ0v) is 10.2. The van der Waals surface area contributed by atoms with Gasteiger partial charge in [0.25, 0.3) is 5.56 Å². The summed E-state index contributed by atoms with van der Waals surface area (Å²) in [5.74, 6) is 0. The quantitative estimate of drug-likeness (QED) is 0.674. The Bertz CT molecular complexity index is 853. The van der Waals surface area contributed by atoms with Crippen LogP contribution in [0.4, 0.5) is 5.69 Å². The first-order chi connectivity index (χ1) is 9.24. The highest BCUT2D eigenvalue weighted by molar-refractivity contribution is 5.99. The number of fused-ring (bicyclic) bond motifs is 1. The average Bonchev–Trinajstić information content (AvgIpc) is 2.73. The lowest BCUT2D eigenvalue weighted by Gasteiger charge is -2.04. The molecule has 0 unspecified atom stereocenters. The minimum atomic E-state index is -0.236. The van der Waals surface area contributed by atoms with Gasteiger partial charge in [0.15, 0.2) is 0 Å². The van der Waals surface area contributed by atoms with Gasteiger partial charge in [-0.3, -0.25) is 4.79 Å². The molecule has 0 spiro atoms. The topological polar surface area (TPSA) is 55.0 Å². The number of H-pyrrole nitrogens is 1. The molecule has 1 aromatic carbocycles. The molecule has 2 aromatic heterocycles. The highest BCUT2D eigenvalue weighted by atomic mass is 16.1. The molecular formula is C14H10N4O. The third-order valence-corrected chi connectivity index (χ3v) is 3.11. The van der Waals surface area contributed by atoms with Crippen LogP contribution in [0, 0.1) is 6.57 Å². The van der Waals surface area contributed by atoms with Crippen molar-refractivity contribution in [2.24, 2.45) is 7.05 Å². The van der Waals surface area contributed by atoms with Gasteiger partial charge in [0.2, 0.25) is 5.69 Å². The Hall–Kier alpha value is -2.87. The van der Waals surface area contributed by atoms with Crippen molar-refractivity contribution in [2.45, 2.75) is 0 Å². The molecule has 5 nitrogen and oxygen atoms in total. The van der Waals surface area contributed by atoms with E-state index in [0.29, 0.717) is 16.7 Å². The minimum Gasteiger partial charge on any atom is -0.348 e. The van der Waals surface area contributed by atoms with E-state index in [-0.39, 0.29) is 5.56 Å². The Morgan fingerprint density at radius 2 is 2.05 bits per heavy atom. The number of hydrogen-bond acceptors (Lipinski definition) is 2. The Morgan fingerprint density at radius 1 is 1.32 bits per heavy atom. The van der Waals surface area contributed by atoms with E-state index in [1.807, 2.05) is 30.3 Å². The lowest BCUT2D eigenvalue weighted by atomic mass is 10.1. The fourth-order valence-electron chi connectivity index (χ4n) is 2.29. The number of nitrogens with zero attached hydrogens (tertiary/aromatic N) is 3. The van der Waals surface area contributed by atoms with Crippen LogP contribution in [0.5, 0.6) is 0 Å². The van der Waals surface area contributed by atoms with Gasteiger partial charge in [-0.25, -0.2) is 9.83 Å². The monoisotopic (exact) mass is 250 g/mol. The number of benzene rings is 1. The first-order valence-corrected chi connectivity index (χ1v) is 5.73. The van der Waals surface area contributed by atoms with Crippen molar-refractivity contribution < 1.29 is 0 Å². The Morgan fingerprint density at radius 3 is 2.74 bits per heavy atom. The molecule has 0 aliphatic rings. The van der Waals surface area contributed by atoms with Crippen LogP contribution in [0.1, 0.15) is 0 Å². The van der Waals surface area contributed by atoms with Crippen LogP contribution < -0.4 is 5.56 Å². The molecule has 0 radical (unpaired) electrons. The molecule has 0 fully saturated rings. The lowest BCUT2D eigenvalue weighted by Crippen LogP contribution is -2.09.